The van der Waals surface area contributed by atoms with Crippen LogP contribution in [-0.2, 0) is 4.79 Å². The lowest BCUT2D eigenvalue weighted by Gasteiger charge is -2.17. The Morgan fingerprint density at radius 1 is 1.19 bits per heavy atom. The number of pyridine rings is 1. The molecule has 1 N–H and O–H groups in total. The molecule has 0 fully saturated rings. The molecule has 1 aromatic heterocycles. The van der Waals surface area contributed by atoms with Gasteiger partial charge < -0.3 is 5.32 Å². The topological polar surface area (TPSA) is 51.1 Å². The second-order valence-electron chi connectivity index (χ2n) is 6.62. The SMILES string of the molecule is CCCC[C@H](CC)CNC(=O)/C(=C\c1ccc(F)cc1)n1ccccc1=O. The number of nitrogens with zero attached hydrogens (tertiary/aromatic N) is 1. The van der Waals surface area contributed by atoms with Crippen molar-refractivity contribution >= 4 is 17.7 Å². The molecule has 0 saturated heterocycles. The Morgan fingerprint density at radius 3 is 2.56 bits per heavy atom. The van der Waals surface area contributed by atoms with Crippen molar-refractivity contribution in [3.05, 3.63) is 70.4 Å². The smallest absolute Gasteiger partial charge is 0.268 e. The Labute approximate surface area is 159 Å². The maximum atomic E-state index is 13.2. The van der Waals surface area contributed by atoms with Gasteiger partial charge in [0.15, 0.2) is 0 Å². The molecule has 1 heterocycles. The highest BCUT2D eigenvalue weighted by Gasteiger charge is 2.15. The summed E-state index contributed by atoms with van der Waals surface area (Å²) in [5.41, 5.74) is 0.576. The van der Waals surface area contributed by atoms with Crippen molar-refractivity contribution in [2.24, 2.45) is 5.92 Å². The summed E-state index contributed by atoms with van der Waals surface area (Å²) in [6, 6.07) is 10.5. The molecule has 0 saturated carbocycles. The van der Waals surface area contributed by atoms with Crippen molar-refractivity contribution < 1.29 is 9.18 Å². The van der Waals surface area contributed by atoms with Crippen LogP contribution in [0.4, 0.5) is 4.39 Å². The Bertz CT molecular complexity index is 825. The number of nitrogens with one attached hydrogen (secondary N) is 1. The average Bonchev–Trinajstić information content (AvgIpc) is 2.68. The highest BCUT2D eigenvalue weighted by atomic mass is 19.1. The molecule has 4 nitrogen and oxygen atoms in total. The van der Waals surface area contributed by atoms with E-state index in [1.54, 1.807) is 36.5 Å². The van der Waals surface area contributed by atoms with Gasteiger partial charge in [0.1, 0.15) is 11.5 Å². The van der Waals surface area contributed by atoms with E-state index in [1.165, 1.54) is 22.8 Å². The van der Waals surface area contributed by atoms with Gasteiger partial charge in [0.2, 0.25) is 0 Å². The van der Waals surface area contributed by atoms with E-state index in [0.717, 1.165) is 25.7 Å². The van der Waals surface area contributed by atoms with Crippen LogP contribution in [0.5, 0.6) is 0 Å². The zero-order valence-electron chi connectivity index (χ0n) is 16.0. The van der Waals surface area contributed by atoms with E-state index < -0.39 is 0 Å². The number of amides is 1. The van der Waals surface area contributed by atoms with Gasteiger partial charge in [-0.05, 0) is 42.2 Å². The lowest BCUT2D eigenvalue weighted by Crippen LogP contribution is -2.33. The third kappa shape index (κ3) is 6.20. The van der Waals surface area contributed by atoms with Crippen LogP contribution in [-0.4, -0.2) is 17.0 Å². The maximum absolute atomic E-state index is 13.2. The van der Waals surface area contributed by atoms with Crippen LogP contribution in [0.15, 0.2) is 53.5 Å². The quantitative estimate of drug-likeness (QED) is 0.669. The fourth-order valence-corrected chi connectivity index (χ4v) is 2.86. The summed E-state index contributed by atoms with van der Waals surface area (Å²) < 4.78 is 14.5. The van der Waals surface area contributed by atoms with Gasteiger partial charge in [0, 0.05) is 18.8 Å². The molecule has 0 aliphatic rings. The first kappa shape index (κ1) is 20.6. The predicted octanol–water partition coefficient (Wildman–Crippen LogP) is 4.32. The van der Waals surface area contributed by atoms with Crippen LogP contribution in [0.1, 0.15) is 45.1 Å². The molecule has 1 amide bonds. The van der Waals surface area contributed by atoms with E-state index in [9.17, 15) is 14.0 Å². The van der Waals surface area contributed by atoms with E-state index in [-0.39, 0.29) is 23.0 Å². The van der Waals surface area contributed by atoms with Gasteiger partial charge in [-0.3, -0.25) is 14.2 Å². The number of halogens is 1. The van der Waals surface area contributed by atoms with E-state index in [4.69, 9.17) is 0 Å². The summed E-state index contributed by atoms with van der Waals surface area (Å²) >= 11 is 0. The normalized spacial score (nSPS) is 12.6. The minimum absolute atomic E-state index is 0.220. The Hall–Kier alpha value is -2.69. The van der Waals surface area contributed by atoms with Gasteiger partial charge in [-0.25, -0.2) is 4.39 Å². The fourth-order valence-electron chi connectivity index (χ4n) is 2.86. The summed E-state index contributed by atoms with van der Waals surface area (Å²) in [6.07, 6.45) is 7.47. The summed E-state index contributed by atoms with van der Waals surface area (Å²) in [5, 5.41) is 2.96. The fraction of sp³-hybridized carbons (Fsp3) is 0.364. The maximum Gasteiger partial charge on any atom is 0.268 e. The second kappa shape index (κ2) is 10.5. The lowest BCUT2D eigenvalue weighted by atomic mass is 9.99. The average molecular weight is 370 g/mol. The molecule has 1 aromatic carbocycles. The molecule has 0 radical (unpaired) electrons. The summed E-state index contributed by atoms with van der Waals surface area (Å²) in [7, 11) is 0. The monoisotopic (exact) mass is 370 g/mol. The number of rotatable bonds is 9. The van der Waals surface area contributed by atoms with Gasteiger partial charge in [-0.1, -0.05) is 51.3 Å². The second-order valence-corrected chi connectivity index (χ2v) is 6.62. The van der Waals surface area contributed by atoms with E-state index >= 15 is 0 Å². The largest absolute Gasteiger partial charge is 0.350 e. The molecule has 0 aliphatic carbocycles. The van der Waals surface area contributed by atoms with Gasteiger partial charge in [-0.15, -0.1) is 0 Å². The van der Waals surface area contributed by atoms with E-state index in [1.807, 2.05) is 0 Å². The zero-order chi connectivity index (χ0) is 19.6. The molecule has 0 bridgehead atoms. The van der Waals surface area contributed by atoms with E-state index in [2.05, 4.69) is 19.2 Å². The van der Waals surface area contributed by atoms with Gasteiger partial charge in [0.25, 0.3) is 11.5 Å². The van der Waals surface area contributed by atoms with Gasteiger partial charge >= 0.3 is 0 Å². The molecule has 2 rings (SSSR count). The number of hydrogen-bond acceptors (Lipinski definition) is 2. The van der Waals surface area contributed by atoms with Crippen molar-refractivity contribution in [1.82, 2.24) is 9.88 Å². The van der Waals surface area contributed by atoms with Crippen molar-refractivity contribution in [2.45, 2.75) is 39.5 Å². The minimum atomic E-state index is -0.350. The van der Waals surface area contributed by atoms with Crippen LogP contribution in [0.2, 0.25) is 0 Å². The number of carbonyl (C=O) groups excluding carboxylic acids is 1. The van der Waals surface area contributed by atoms with Crippen molar-refractivity contribution in [3.8, 4) is 0 Å². The van der Waals surface area contributed by atoms with Crippen LogP contribution in [0.3, 0.4) is 0 Å². The first-order valence-electron chi connectivity index (χ1n) is 9.48. The van der Waals surface area contributed by atoms with Crippen LogP contribution in [0, 0.1) is 11.7 Å². The summed E-state index contributed by atoms with van der Waals surface area (Å²) in [4.78, 5) is 25.1. The van der Waals surface area contributed by atoms with Crippen LogP contribution < -0.4 is 10.9 Å². The molecular formula is C22H27FN2O2. The number of benzene rings is 1. The van der Waals surface area contributed by atoms with Crippen molar-refractivity contribution in [1.29, 1.82) is 0 Å². The minimum Gasteiger partial charge on any atom is -0.350 e. The molecule has 0 aliphatic heterocycles. The molecular weight excluding hydrogens is 343 g/mol. The molecule has 27 heavy (non-hydrogen) atoms. The molecule has 1 atom stereocenters. The van der Waals surface area contributed by atoms with Gasteiger partial charge in [-0.2, -0.15) is 0 Å². The zero-order valence-corrected chi connectivity index (χ0v) is 16.0. The first-order valence-corrected chi connectivity index (χ1v) is 9.48. The summed E-state index contributed by atoms with van der Waals surface area (Å²) in [5.74, 6) is -0.257. The molecule has 144 valence electrons. The lowest BCUT2D eigenvalue weighted by molar-refractivity contribution is -0.116. The number of carbonyl (C=O) groups is 1. The third-order valence-electron chi connectivity index (χ3n) is 4.58. The number of unbranched alkanes of at least 4 members (excludes halogenated alkanes) is 1. The summed E-state index contributed by atoms with van der Waals surface area (Å²) in [6.45, 7) is 4.83. The Kier molecular flexibility index (Phi) is 7.99. The van der Waals surface area contributed by atoms with Crippen LogP contribution in [0.25, 0.3) is 11.8 Å². The Morgan fingerprint density at radius 2 is 1.93 bits per heavy atom. The Balaban J connectivity index is 2.27. The highest BCUT2D eigenvalue weighted by Crippen LogP contribution is 2.14. The van der Waals surface area contributed by atoms with Crippen molar-refractivity contribution in [2.75, 3.05) is 6.54 Å². The first-order chi connectivity index (χ1) is 13.0. The van der Waals surface area contributed by atoms with E-state index in [0.29, 0.717) is 18.0 Å². The van der Waals surface area contributed by atoms with Crippen molar-refractivity contribution in [3.63, 3.8) is 0 Å². The predicted molar refractivity (Wildman–Crippen MR) is 108 cm³/mol. The molecule has 5 heteroatoms. The standard InChI is InChI=1S/C22H27FN2O2/c1-3-5-8-17(4-2)16-24-22(27)20(25-14-7-6-9-21(25)26)15-18-10-12-19(23)13-11-18/h6-7,9-15,17H,3-5,8,16H2,1-2H3,(H,24,27)/b20-15+/t17-/m0/s1. The molecule has 2 aromatic rings. The number of aromatic nitrogens is 1. The highest BCUT2D eigenvalue weighted by molar-refractivity contribution is 6.18. The van der Waals surface area contributed by atoms with Gasteiger partial charge in [0.05, 0.1) is 0 Å². The van der Waals surface area contributed by atoms with Crippen LogP contribution >= 0.6 is 0 Å². The molecule has 0 unspecified atom stereocenters. The third-order valence-corrected chi connectivity index (χ3v) is 4.58. The molecule has 0 spiro atoms. The number of hydrogen-bond donors (Lipinski definition) is 1.